The molecule has 1 aromatic carbocycles. The number of carbonyl (C=O) groups is 1. The maximum Gasteiger partial charge on any atom is 0.410 e. The zero-order chi connectivity index (χ0) is 18.2. The Hall–Kier alpha value is -1.55. The summed E-state index contributed by atoms with van der Waals surface area (Å²) < 4.78 is 5.64. The highest BCUT2D eigenvalue weighted by molar-refractivity contribution is 5.69. The molecule has 4 heteroatoms. The number of hydrogen-bond donors (Lipinski definition) is 1. The second-order valence-corrected chi connectivity index (χ2v) is 8.58. The van der Waals surface area contributed by atoms with Gasteiger partial charge in [0.25, 0.3) is 0 Å². The van der Waals surface area contributed by atoms with E-state index in [1.54, 1.807) is 0 Å². The smallest absolute Gasteiger partial charge is 0.410 e. The van der Waals surface area contributed by atoms with E-state index in [1.165, 1.54) is 5.56 Å². The lowest BCUT2D eigenvalue weighted by Gasteiger charge is -2.52. The standard InChI is InChI=1S/C21H31NO3/c1-5-15-9-6-7-12-18(15)21(24)13-16-10-8-11-17(14-21)22(16)19(23)25-20(2,3)4/h6-7,9,12,16-17,24H,5,8,10-11,13-14H2,1-4H3. The van der Waals surface area contributed by atoms with E-state index < -0.39 is 11.2 Å². The van der Waals surface area contributed by atoms with E-state index in [9.17, 15) is 9.90 Å². The van der Waals surface area contributed by atoms with Crippen LogP contribution in [0.5, 0.6) is 0 Å². The summed E-state index contributed by atoms with van der Waals surface area (Å²) in [6, 6.07) is 8.29. The van der Waals surface area contributed by atoms with Crippen LogP contribution in [0.25, 0.3) is 0 Å². The first-order valence-corrected chi connectivity index (χ1v) is 9.55. The molecule has 0 aliphatic carbocycles. The maximum absolute atomic E-state index is 12.7. The van der Waals surface area contributed by atoms with E-state index in [2.05, 4.69) is 19.1 Å². The molecule has 1 aromatic rings. The van der Waals surface area contributed by atoms with Crippen molar-refractivity contribution >= 4 is 6.09 Å². The van der Waals surface area contributed by atoms with Crippen LogP contribution in [0.1, 0.15) is 70.9 Å². The molecule has 0 radical (unpaired) electrons. The van der Waals surface area contributed by atoms with Gasteiger partial charge in [-0.1, -0.05) is 31.2 Å². The predicted octanol–water partition coefficient (Wildman–Crippen LogP) is 4.39. The van der Waals surface area contributed by atoms with Gasteiger partial charge in [-0.15, -0.1) is 0 Å². The van der Waals surface area contributed by atoms with E-state index in [-0.39, 0.29) is 18.2 Å². The van der Waals surface area contributed by atoms with E-state index in [0.29, 0.717) is 12.8 Å². The van der Waals surface area contributed by atoms with Gasteiger partial charge in [0.15, 0.2) is 0 Å². The molecule has 2 atom stereocenters. The summed E-state index contributed by atoms with van der Waals surface area (Å²) in [4.78, 5) is 14.6. The van der Waals surface area contributed by atoms with Gasteiger partial charge in [0.05, 0.1) is 5.60 Å². The predicted molar refractivity (Wildman–Crippen MR) is 98.5 cm³/mol. The van der Waals surface area contributed by atoms with Gasteiger partial charge in [0, 0.05) is 24.9 Å². The number of nitrogens with zero attached hydrogens (tertiary/aromatic N) is 1. The third-order valence-electron chi connectivity index (χ3n) is 5.51. The number of aryl methyl sites for hydroxylation is 1. The largest absolute Gasteiger partial charge is 0.444 e. The molecular formula is C21H31NO3. The van der Waals surface area contributed by atoms with Crippen LogP contribution in [0, 0.1) is 0 Å². The van der Waals surface area contributed by atoms with Crippen LogP contribution in [-0.4, -0.2) is 33.8 Å². The van der Waals surface area contributed by atoms with Crippen molar-refractivity contribution in [3.63, 3.8) is 0 Å². The number of benzene rings is 1. The minimum absolute atomic E-state index is 0.0530. The highest BCUT2D eigenvalue weighted by Gasteiger charge is 2.49. The van der Waals surface area contributed by atoms with E-state index in [0.717, 1.165) is 31.2 Å². The zero-order valence-corrected chi connectivity index (χ0v) is 15.9. The molecule has 2 heterocycles. The molecule has 2 fully saturated rings. The van der Waals surface area contributed by atoms with Gasteiger partial charge in [0.2, 0.25) is 0 Å². The number of aliphatic hydroxyl groups is 1. The Morgan fingerprint density at radius 2 is 1.84 bits per heavy atom. The number of fused-ring (bicyclic) bond motifs is 2. The molecule has 25 heavy (non-hydrogen) atoms. The summed E-state index contributed by atoms with van der Waals surface area (Å²) in [7, 11) is 0. The van der Waals surface area contributed by atoms with Crippen LogP contribution in [0.3, 0.4) is 0 Å². The number of hydrogen-bond acceptors (Lipinski definition) is 3. The number of amides is 1. The minimum Gasteiger partial charge on any atom is -0.444 e. The first-order valence-electron chi connectivity index (χ1n) is 9.55. The molecule has 0 spiro atoms. The lowest BCUT2D eigenvalue weighted by Crippen LogP contribution is -2.59. The van der Waals surface area contributed by atoms with Gasteiger partial charge in [-0.2, -0.15) is 0 Å². The lowest BCUT2D eigenvalue weighted by molar-refractivity contribution is -0.0968. The Morgan fingerprint density at radius 1 is 1.24 bits per heavy atom. The van der Waals surface area contributed by atoms with Crippen molar-refractivity contribution in [3.05, 3.63) is 35.4 Å². The van der Waals surface area contributed by atoms with E-state index in [4.69, 9.17) is 4.74 Å². The van der Waals surface area contributed by atoms with Gasteiger partial charge in [-0.05, 0) is 57.6 Å². The first-order chi connectivity index (χ1) is 11.7. The normalized spacial score (nSPS) is 29.4. The second-order valence-electron chi connectivity index (χ2n) is 8.58. The molecule has 138 valence electrons. The number of carbonyl (C=O) groups excluding carboxylic acids is 1. The highest BCUT2D eigenvalue weighted by Crippen LogP contribution is 2.45. The Balaban J connectivity index is 1.87. The minimum atomic E-state index is -0.846. The molecule has 0 saturated carbocycles. The molecule has 3 rings (SSSR count). The monoisotopic (exact) mass is 345 g/mol. The average Bonchev–Trinajstić information content (AvgIpc) is 2.52. The van der Waals surface area contributed by atoms with Crippen LogP contribution in [0.4, 0.5) is 4.79 Å². The molecular weight excluding hydrogens is 314 g/mol. The van der Waals surface area contributed by atoms with Crippen molar-refractivity contribution in [1.82, 2.24) is 4.90 Å². The Labute approximate surface area is 151 Å². The quantitative estimate of drug-likeness (QED) is 0.865. The summed E-state index contributed by atoms with van der Waals surface area (Å²) in [5, 5.41) is 11.5. The fourth-order valence-electron chi connectivity index (χ4n) is 4.54. The molecule has 2 aliphatic heterocycles. The van der Waals surface area contributed by atoms with Crippen molar-refractivity contribution in [2.45, 2.75) is 89.5 Å². The molecule has 1 N–H and O–H groups in total. The third-order valence-corrected chi connectivity index (χ3v) is 5.51. The van der Waals surface area contributed by atoms with Crippen LogP contribution in [0.2, 0.25) is 0 Å². The summed E-state index contributed by atoms with van der Waals surface area (Å²) in [5.74, 6) is 0. The summed E-state index contributed by atoms with van der Waals surface area (Å²) in [6.07, 6.45) is 4.86. The van der Waals surface area contributed by atoms with Crippen molar-refractivity contribution in [2.24, 2.45) is 0 Å². The third kappa shape index (κ3) is 3.69. The van der Waals surface area contributed by atoms with Crippen LogP contribution in [-0.2, 0) is 16.8 Å². The topological polar surface area (TPSA) is 49.8 Å². The van der Waals surface area contributed by atoms with Crippen molar-refractivity contribution in [2.75, 3.05) is 0 Å². The molecule has 2 unspecified atom stereocenters. The van der Waals surface area contributed by atoms with Crippen LogP contribution in [0.15, 0.2) is 24.3 Å². The molecule has 2 aliphatic rings. The van der Waals surface area contributed by atoms with Crippen molar-refractivity contribution in [1.29, 1.82) is 0 Å². The SMILES string of the molecule is CCc1ccccc1C1(O)CC2CCCC(C1)N2C(=O)OC(C)(C)C. The molecule has 0 aromatic heterocycles. The van der Waals surface area contributed by atoms with E-state index in [1.807, 2.05) is 37.8 Å². The number of piperidine rings is 2. The van der Waals surface area contributed by atoms with Gasteiger partial charge >= 0.3 is 6.09 Å². The Bertz CT molecular complexity index is 620. The first kappa shape index (κ1) is 18.2. The van der Waals surface area contributed by atoms with E-state index >= 15 is 0 Å². The highest BCUT2D eigenvalue weighted by atomic mass is 16.6. The molecule has 2 bridgehead atoms. The zero-order valence-electron chi connectivity index (χ0n) is 15.9. The number of rotatable bonds is 2. The summed E-state index contributed by atoms with van der Waals surface area (Å²) >= 11 is 0. The van der Waals surface area contributed by atoms with Gasteiger partial charge in [-0.25, -0.2) is 4.79 Å². The molecule has 2 saturated heterocycles. The fraction of sp³-hybridized carbons (Fsp3) is 0.667. The Morgan fingerprint density at radius 3 is 2.40 bits per heavy atom. The molecule has 4 nitrogen and oxygen atoms in total. The fourth-order valence-corrected chi connectivity index (χ4v) is 4.54. The van der Waals surface area contributed by atoms with Gasteiger partial charge < -0.3 is 14.7 Å². The van der Waals surface area contributed by atoms with Crippen LogP contribution < -0.4 is 0 Å². The lowest BCUT2D eigenvalue weighted by atomic mass is 9.71. The number of ether oxygens (including phenoxy) is 1. The Kier molecular flexibility index (Phi) is 4.84. The maximum atomic E-state index is 12.7. The van der Waals surface area contributed by atoms with Crippen LogP contribution >= 0.6 is 0 Å². The van der Waals surface area contributed by atoms with Gasteiger partial charge in [-0.3, -0.25) is 0 Å². The van der Waals surface area contributed by atoms with Gasteiger partial charge in [0.1, 0.15) is 5.60 Å². The molecule has 1 amide bonds. The second kappa shape index (κ2) is 6.64. The summed E-state index contributed by atoms with van der Waals surface area (Å²) in [6.45, 7) is 7.83. The average molecular weight is 345 g/mol. The van der Waals surface area contributed by atoms with Crippen molar-refractivity contribution in [3.8, 4) is 0 Å². The van der Waals surface area contributed by atoms with Crippen molar-refractivity contribution < 1.29 is 14.6 Å². The summed E-state index contributed by atoms with van der Waals surface area (Å²) in [5.41, 5.74) is 0.904.